The molecule has 0 atom stereocenters. The van der Waals surface area contributed by atoms with Crippen LogP contribution in [-0.2, 0) is 13.0 Å². The summed E-state index contributed by atoms with van der Waals surface area (Å²) in [5.74, 6) is 0.495. The number of tetrazole rings is 1. The van der Waals surface area contributed by atoms with Gasteiger partial charge in [-0.2, -0.15) is 0 Å². The van der Waals surface area contributed by atoms with Gasteiger partial charge in [-0.3, -0.25) is 0 Å². The zero-order valence-corrected chi connectivity index (χ0v) is 8.67. The highest BCUT2D eigenvalue weighted by Gasteiger charge is 2.05. The molecule has 0 bridgehead atoms. The number of hydrogen-bond donors (Lipinski definition) is 1. The van der Waals surface area contributed by atoms with Gasteiger partial charge in [0.05, 0.1) is 6.54 Å². The Labute approximate surface area is 92.1 Å². The third-order valence-corrected chi connectivity index (χ3v) is 2.22. The van der Waals surface area contributed by atoms with Crippen molar-refractivity contribution in [1.29, 1.82) is 0 Å². The van der Waals surface area contributed by atoms with Gasteiger partial charge in [0.2, 0.25) is 0 Å². The van der Waals surface area contributed by atoms with E-state index < -0.39 is 0 Å². The molecular weight excluding hydrogens is 209 g/mol. The summed E-state index contributed by atoms with van der Waals surface area (Å²) in [5.41, 5.74) is 6.39. The third kappa shape index (κ3) is 2.40. The van der Waals surface area contributed by atoms with Crippen LogP contribution >= 0.6 is 0 Å². The Bertz CT molecular complexity index is 450. The Hall–Kier alpha value is -1.82. The lowest BCUT2D eigenvalue weighted by atomic mass is 10.2. The standard InChI is InChI=1S/C10H12FN5/c11-9-3-1-8(2-4-9)7-16-10(5-6-12)13-14-15-16/h1-4H,5-7,12H2. The van der Waals surface area contributed by atoms with Crippen molar-refractivity contribution in [2.45, 2.75) is 13.0 Å². The molecule has 0 aliphatic heterocycles. The van der Waals surface area contributed by atoms with Gasteiger partial charge < -0.3 is 5.73 Å². The highest BCUT2D eigenvalue weighted by Crippen LogP contribution is 2.05. The Balaban J connectivity index is 2.13. The fourth-order valence-electron chi connectivity index (χ4n) is 1.42. The summed E-state index contributed by atoms with van der Waals surface area (Å²) in [7, 11) is 0. The largest absolute Gasteiger partial charge is 0.330 e. The lowest BCUT2D eigenvalue weighted by molar-refractivity contribution is 0.609. The molecule has 0 fully saturated rings. The first-order chi connectivity index (χ1) is 7.79. The van der Waals surface area contributed by atoms with E-state index in [1.807, 2.05) is 0 Å². The molecule has 0 aliphatic carbocycles. The van der Waals surface area contributed by atoms with Gasteiger partial charge in [0, 0.05) is 6.42 Å². The van der Waals surface area contributed by atoms with Crippen molar-refractivity contribution in [3.63, 3.8) is 0 Å². The van der Waals surface area contributed by atoms with Crippen molar-refractivity contribution in [3.05, 3.63) is 41.5 Å². The van der Waals surface area contributed by atoms with Gasteiger partial charge in [-0.1, -0.05) is 12.1 Å². The number of nitrogens with two attached hydrogens (primary N) is 1. The minimum atomic E-state index is -0.248. The van der Waals surface area contributed by atoms with Crippen molar-refractivity contribution in [2.24, 2.45) is 5.73 Å². The summed E-state index contributed by atoms with van der Waals surface area (Å²) in [5, 5.41) is 11.3. The number of rotatable bonds is 4. The van der Waals surface area contributed by atoms with E-state index >= 15 is 0 Å². The van der Waals surface area contributed by atoms with E-state index in [2.05, 4.69) is 15.5 Å². The zero-order valence-electron chi connectivity index (χ0n) is 8.67. The monoisotopic (exact) mass is 221 g/mol. The van der Waals surface area contributed by atoms with E-state index in [-0.39, 0.29) is 5.82 Å². The topological polar surface area (TPSA) is 69.6 Å². The number of aromatic nitrogens is 4. The lowest BCUT2D eigenvalue weighted by Crippen LogP contribution is -2.12. The molecule has 5 nitrogen and oxygen atoms in total. The number of hydrogen-bond acceptors (Lipinski definition) is 4. The molecule has 0 aliphatic rings. The van der Waals surface area contributed by atoms with E-state index in [1.165, 1.54) is 12.1 Å². The van der Waals surface area contributed by atoms with Crippen molar-refractivity contribution in [3.8, 4) is 0 Å². The molecule has 2 rings (SSSR count). The van der Waals surface area contributed by atoms with Crippen LogP contribution in [0.5, 0.6) is 0 Å². The van der Waals surface area contributed by atoms with Gasteiger partial charge in [0.25, 0.3) is 0 Å². The van der Waals surface area contributed by atoms with Gasteiger partial charge in [-0.15, -0.1) is 5.10 Å². The molecule has 2 N–H and O–H groups in total. The normalized spacial score (nSPS) is 10.6. The van der Waals surface area contributed by atoms with Crippen molar-refractivity contribution < 1.29 is 4.39 Å². The summed E-state index contributed by atoms with van der Waals surface area (Å²) in [6.07, 6.45) is 0.633. The summed E-state index contributed by atoms with van der Waals surface area (Å²) in [6.45, 7) is 1.03. The van der Waals surface area contributed by atoms with E-state index in [1.54, 1.807) is 16.8 Å². The average molecular weight is 221 g/mol. The van der Waals surface area contributed by atoms with Crippen LogP contribution in [0.15, 0.2) is 24.3 Å². The molecule has 0 saturated heterocycles. The van der Waals surface area contributed by atoms with E-state index in [9.17, 15) is 4.39 Å². The summed E-state index contributed by atoms with van der Waals surface area (Å²) >= 11 is 0. The minimum Gasteiger partial charge on any atom is -0.330 e. The van der Waals surface area contributed by atoms with Crippen LogP contribution < -0.4 is 5.73 Å². The van der Waals surface area contributed by atoms with Crippen LogP contribution in [0, 0.1) is 5.82 Å². The molecule has 2 aromatic rings. The van der Waals surface area contributed by atoms with Crippen molar-refractivity contribution >= 4 is 0 Å². The van der Waals surface area contributed by atoms with Gasteiger partial charge in [0.1, 0.15) is 5.82 Å². The Kier molecular flexibility index (Phi) is 3.21. The molecule has 84 valence electrons. The summed E-state index contributed by atoms with van der Waals surface area (Å²) < 4.78 is 14.4. The van der Waals surface area contributed by atoms with Gasteiger partial charge >= 0.3 is 0 Å². The number of nitrogens with zero attached hydrogens (tertiary/aromatic N) is 4. The minimum absolute atomic E-state index is 0.248. The van der Waals surface area contributed by atoms with Gasteiger partial charge in [0.15, 0.2) is 5.82 Å². The molecule has 1 heterocycles. The van der Waals surface area contributed by atoms with E-state index in [0.717, 1.165) is 11.4 Å². The third-order valence-electron chi connectivity index (χ3n) is 2.22. The van der Waals surface area contributed by atoms with Crippen LogP contribution in [0.3, 0.4) is 0 Å². The lowest BCUT2D eigenvalue weighted by Gasteiger charge is -2.03. The molecule has 0 amide bonds. The maximum Gasteiger partial charge on any atom is 0.152 e. The molecule has 0 spiro atoms. The molecule has 6 heteroatoms. The Morgan fingerprint density at radius 1 is 1.25 bits per heavy atom. The highest BCUT2D eigenvalue weighted by molar-refractivity contribution is 5.16. The quantitative estimate of drug-likeness (QED) is 0.809. The SMILES string of the molecule is NCCc1nnnn1Cc1ccc(F)cc1. The average Bonchev–Trinajstić information content (AvgIpc) is 2.70. The fraction of sp³-hybridized carbons (Fsp3) is 0.300. The first-order valence-electron chi connectivity index (χ1n) is 4.99. The first-order valence-corrected chi connectivity index (χ1v) is 4.99. The fourth-order valence-corrected chi connectivity index (χ4v) is 1.42. The zero-order chi connectivity index (χ0) is 11.4. The van der Waals surface area contributed by atoms with Crippen LogP contribution in [0.2, 0.25) is 0 Å². The highest BCUT2D eigenvalue weighted by atomic mass is 19.1. The maximum atomic E-state index is 12.7. The van der Waals surface area contributed by atoms with Crippen LogP contribution in [0.1, 0.15) is 11.4 Å². The molecule has 0 radical (unpaired) electrons. The second-order valence-electron chi connectivity index (χ2n) is 3.42. The molecule has 0 unspecified atom stereocenters. The molecule has 1 aromatic heterocycles. The van der Waals surface area contributed by atoms with Gasteiger partial charge in [-0.25, -0.2) is 9.07 Å². The molecule has 1 aromatic carbocycles. The van der Waals surface area contributed by atoms with Crippen LogP contribution in [0.25, 0.3) is 0 Å². The summed E-state index contributed by atoms with van der Waals surface area (Å²) in [6, 6.07) is 6.26. The number of halogens is 1. The second kappa shape index (κ2) is 4.80. The van der Waals surface area contributed by atoms with Crippen LogP contribution in [0.4, 0.5) is 4.39 Å². The predicted molar refractivity (Wildman–Crippen MR) is 56.1 cm³/mol. The molecule has 16 heavy (non-hydrogen) atoms. The van der Waals surface area contributed by atoms with Crippen LogP contribution in [-0.4, -0.2) is 26.8 Å². The van der Waals surface area contributed by atoms with E-state index in [4.69, 9.17) is 5.73 Å². The maximum absolute atomic E-state index is 12.7. The smallest absolute Gasteiger partial charge is 0.152 e. The molecule has 0 saturated carbocycles. The first kappa shape index (κ1) is 10.7. The predicted octanol–water partition coefficient (Wildman–Crippen LogP) is 0.362. The van der Waals surface area contributed by atoms with E-state index in [0.29, 0.717) is 19.5 Å². The van der Waals surface area contributed by atoms with Crippen molar-refractivity contribution in [2.75, 3.05) is 6.54 Å². The molecular formula is C10H12FN5. The van der Waals surface area contributed by atoms with Gasteiger partial charge in [-0.05, 0) is 34.7 Å². The Morgan fingerprint density at radius 3 is 2.69 bits per heavy atom. The summed E-state index contributed by atoms with van der Waals surface area (Å²) in [4.78, 5) is 0. The number of benzene rings is 1. The second-order valence-corrected chi connectivity index (χ2v) is 3.42. The Morgan fingerprint density at radius 2 is 2.00 bits per heavy atom. The van der Waals surface area contributed by atoms with Crippen molar-refractivity contribution in [1.82, 2.24) is 20.2 Å².